The van der Waals surface area contributed by atoms with Crippen LogP contribution in [0.5, 0.6) is 0 Å². The molecule has 2 atom stereocenters. The molecular formula is C33H32ClN5O9S2. The number of thioether (sulfide) groups is 1. The number of nitrogens with one attached hydrogen (secondary N) is 1. The number of halogens is 1. The number of oxime groups is 1. The van der Waals surface area contributed by atoms with Gasteiger partial charge in [-0.2, -0.15) is 0 Å². The summed E-state index contributed by atoms with van der Waals surface area (Å²) in [6.07, 6.45) is -0.720. The van der Waals surface area contributed by atoms with Crippen molar-refractivity contribution in [2.24, 2.45) is 10.6 Å². The van der Waals surface area contributed by atoms with Crippen molar-refractivity contribution >= 4 is 75.3 Å². The van der Waals surface area contributed by atoms with E-state index < -0.39 is 66.1 Å². The van der Waals surface area contributed by atoms with Crippen LogP contribution in [-0.4, -0.2) is 75.9 Å². The summed E-state index contributed by atoms with van der Waals surface area (Å²) in [4.78, 5) is 75.0. The summed E-state index contributed by atoms with van der Waals surface area (Å²) in [6.45, 7) is 3.59. The first-order chi connectivity index (χ1) is 23.8. The van der Waals surface area contributed by atoms with Crippen molar-refractivity contribution in [3.05, 3.63) is 93.6 Å². The van der Waals surface area contributed by atoms with Gasteiger partial charge < -0.3 is 30.1 Å². The number of ether oxygens (including phenoxy) is 3. The molecule has 3 N–H and O–H groups in total. The summed E-state index contributed by atoms with van der Waals surface area (Å²) in [5.74, 6) is -3.69. The van der Waals surface area contributed by atoms with Crippen LogP contribution >= 0.6 is 34.7 Å². The second kappa shape index (κ2) is 15.7. The highest BCUT2D eigenvalue weighted by Gasteiger charge is 2.54. The van der Waals surface area contributed by atoms with Gasteiger partial charge >= 0.3 is 17.9 Å². The lowest BCUT2D eigenvalue weighted by Crippen LogP contribution is -2.71. The molecule has 3 heterocycles. The number of nitrogen functional groups attached to an aromatic ring is 1. The summed E-state index contributed by atoms with van der Waals surface area (Å²) < 4.78 is 15.8. The summed E-state index contributed by atoms with van der Waals surface area (Å²) in [5, 5.41) is 7.40. The largest absolute Gasteiger partial charge is 0.450 e. The van der Waals surface area contributed by atoms with E-state index in [-0.39, 0.29) is 33.0 Å². The van der Waals surface area contributed by atoms with Crippen molar-refractivity contribution in [1.29, 1.82) is 0 Å². The molecule has 14 nitrogen and oxygen atoms in total. The highest BCUT2D eigenvalue weighted by Crippen LogP contribution is 2.41. The van der Waals surface area contributed by atoms with Crippen molar-refractivity contribution in [3.63, 3.8) is 0 Å². The topological polar surface area (TPSA) is 189 Å². The molecule has 0 saturated carbocycles. The standard InChI is InChI=1S/C33H32ClN5O9S2/c1-33(2,3)31(44)46-17-45-30(43)25-20(34)15-49-29-24(28(42)39(25)29)37-27(41)23(21-16-50-32(35)36-21)38-47-14-22(40)48-26(18-10-6-4-7-11-18)19-12-8-5-9-13-19/h4-13,16,24,26,29H,14-15,17H2,1-3H3,(H2,35,36)(H,37,41)/t24?,29-/m0/s1. The molecule has 5 rings (SSSR count). The van der Waals surface area contributed by atoms with Gasteiger partial charge in [-0.15, -0.1) is 23.1 Å². The number of β-lactam (4-membered cyclic amide) rings is 1. The zero-order chi connectivity index (χ0) is 36.0. The first kappa shape index (κ1) is 36.4. The Balaban J connectivity index is 1.24. The highest BCUT2D eigenvalue weighted by atomic mass is 35.5. The molecule has 0 radical (unpaired) electrons. The van der Waals surface area contributed by atoms with Crippen molar-refractivity contribution in [1.82, 2.24) is 15.2 Å². The van der Waals surface area contributed by atoms with Gasteiger partial charge in [0, 0.05) is 11.1 Å². The predicted octanol–water partition coefficient (Wildman–Crippen LogP) is 3.72. The van der Waals surface area contributed by atoms with Gasteiger partial charge in [0.1, 0.15) is 22.8 Å². The van der Waals surface area contributed by atoms with Crippen molar-refractivity contribution in [2.45, 2.75) is 38.3 Å². The number of nitrogens with two attached hydrogens (primary N) is 1. The quantitative estimate of drug-likeness (QED) is 0.0902. The Kier molecular flexibility index (Phi) is 11.4. The van der Waals surface area contributed by atoms with Gasteiger partial charge in [0.05, 0.1) is 10.4 Å². The fourth-order valence-electron chi connectivity index (χ4n) is 4.70. The minimum atomic E-state index is -1.09. The maximum absolute atomic E-state index is 13.5. The Labute approximate surface area is 299 Å². The molecule has 2 aliphatic heterocycles. The van der Waals surface area contributed by atoms with Gasteiger partial charge in [-0.05, 0) is 31.9 Å². The van der Waals surface area contributed by atoms with Crippen LogP contribution in [0.1, 0.15) is 43.7 Å². The van der Waals surface area contributed by atoms with Gasteiger partial charge in [0.25, 0.3) is 11.8 Å². The van der Waals surface area contributed by atoms with Crippen molar-refractivity contribution in [3.8, 4) is 0 Å². The smallest absolute Gasteiger partial charge is 0.359 e. The number of fused-ring (bicyclic) bond motifs is 1. The molecule has 0 spiro atoms. The number of esters is 3. The van der Waals surface area contributed by atoms with E-state index in [0.717, 1.165) is 27.4 Å². The molecule has 1 aromatic heterocycles. The van der Waals surface area contributed by atoms with Gasteiger partial charge in [-0.3, -0.25) is 19.3 Å². The zero-order valence-electron chi connectivity index (χ0n) is 27.0. The van der Waals surface area contributed by atoms with Gasteiger partial charge in [0.2, 0.25) is 13.4 Å². The predicted molar refractivity (Wildman–Crippen MR) is 184 cm³/mol. The Morgan fingerprint density at radius 2 is 1.70 bits per heavy atom. The van der Waals surface area contributed by atoms with E-state index >= 15 is 0 Å². The third-order valence-electron chi connectivity index (χ3n) is 7.17. The molecule has 2 aromatic carbocycles. The third-order valence-corrected chi connectivity index (χ3v) is 9.59. The molecule has 1 unspecified atom stereocenters. The Bertz CT molecular complexity index is 1790. The van der Waals surface area contributed by atoms with Crippen LogP contribution in [0.2, 0.25) is 0 Å². The SMILES string of the molecule is CC(C)(C)C(=O)OCOC(=O)C1=C(Cl)CS[C@H]2C(NC(=O)C(=NOCC(=O)OC(c3ccccc3)c3ccccc3)c3csc(N)n3)C(=O)N12. The minimum absolute atomic E-state index is 0.0433. The third kappa shape index (κ3) is 8.43. The number of hydrogen-bond donors (Lipinski definition) is 2. The number of hydrogen-bond acceptors (Lipinski definition) is 14. The van der Waals surface area contributed by atoms with Crippen LogP contribution < -0.4 is 11.1 Å². The highest BCUT2D eigenvalue weighted by molar-refractivity contribution is 8.00. The molecule has 50 heavy (non-hydrogen) atoms. The molecule has 2 amide bonds. The van der Waals surface area contributed by atoms with Crippen molar-refractivity contribution < 1.29 is 43.0 Å². The van der Waals surface area contributed by atoms with E-state index in [1.165, 1.54) is 17.1 Å². The van der Waals surface area contributed by atoms with Crippen LogP contribution in [0.4, 0.5) is 5.13 Å². The van der Waals surface area contributed by atoms with E-state index in [1.807, 2.05) is 60.7 Å². The van der Waals surface area contributed by atoms with Gasteiger partial charge in [-0.1, -0.05) is 77.4 Å². The van der Waals surface area contributed by atoms with Gasteiger partial charge in [0.15, 0.2) is 16.9 Å². The number of aromatic nitrogens is 1. The summed E-state index contributed by atoms with van der Waals surface area (Å²) in [6, 6.07) is 17.2. The first-order valence-electron chi connectivity index (χ1n) is 15.0. The fraction of sp³-hybridized carbons (Fsp3) is 0.303. The summed E-state index contributed by atoms with van der Waals surface area (Å²) in [7, 11) is 0. The van der Waals surface area contributed by atoms with E-state index in [2.05, 4.69) is 15.5 Å². The molecule has 3 aromatic rings. The molecule has 262 valence electrons. The molecule has 0 bridgehead atoms. The summed E-state index contributed by atoms with van der Waals surface area (Å²) in [5.41, 5.74) is 5.93. The number of anilines is 1. The second-order valence-electron chi connectivity index (χ2n) is 11.8. The lowest BCUT2D eigenvalue weighted by Gasteiger charge is -2.49. The fourth-order valence-corrected chi connectivity index (χ4v) is 6.80. The molecule has 2 aliphatic rings. The molecule has 1 saturated heterocycles. The summed E-state index contributed by atoms with van der Waals surface area (Å²) >= 11 is 8.54. The number of nitrogens with zero attached hydrogens (tertiary/aromatic N) is 3. The zero-order valence-corrected chi connectivity index (χ0v) is 29.4. The van der Waals surface area contributed by atoms with E-state index in [9.17, 15) is 24.0 Å². The van der Waals surface area contributed by atoms with E-state index in [0.29, 0.717) is 0 Å². The lowest BCUT2D eigenvalue weighted by atomic mass is 9.98. The normalized spacial score (nSPS) is 17.4. The monoisotopic (exact) mass is 741 g/mol. The number of rotatable bonds is 12. The van der Waals surface area contributed by atoms with Crippen LogP contribution in [0.25, 0.3) is 0 Å². The molecule has 0 aliphatic carbocycles. The van der Waals surface area contributed by atoms with E-state index in [4.69, 9.17) is 36.4 Å². The lowest BCUT2D eigenvalue weighted by molar-refractivity contribution is -0.173. The van der Waals surface area contributed by atoms with Crippen LogP contribution in [0, 0.1) is 5.41 Å². The maximum atomic E-state index is 13.5. The molecule has 17 heteroatoms. The Morgan fingerprint density at radius 1 is 1.06 bits per heavy atom. The number of amides is 2. The van der Waals surface area contributed by atoms with E-state index in [1.54, 1.807) is 20.8 Å². The van der Waals surface area contributed by atoms with Crippen LogP contribution in [-0.2, 0) is 43.0 Å². The average Bonchev–Trinajstić information content (AvgIpc) is 3.53. The first-order valence-corrected chi connectivity index (χ1v) is 17.3. The van der Waals surface area contributed by atoms with Crippen molar-refractivity contribution in [2.75, 3.05) is 24.9 Å². The van der Waals surface area contributed by atoms with Crippen LogP contribution in [0.15, 0.2) is 81.9 Å². The molecular weight excluding hydrogens is 710 g/mol. The number of carbonyl (C=O) groups is 5. The number of benzene rings is 2. The van der Waals surface area contributed by atoms with Crippen LogP contribution in [0.3, 0.4) is 0 Å². The Hall–Kier alpha value is -4.93. The maximum Gasteiger partial charge on any atom is 0.359 e. The molecule has 1 fully saturated rings. The average molecular weight is 742 g/mol. The number of thiazole rings is 1. The minimum Gasteiger partial charge on any atom is -0.450 e. The van der Waals surface area contributed by atoms with Gasteiger partial charge in [-0.25, -0.2) is 14.6 Å². The second-order valence-corrected chi connectivity index (χ2v) is 14.3. The number of carbonyl (C=O) groups excluding carboxylic acids is 5. The Morgan fingerprint density at radius 3 is 2.28 bits per heavy atom.